The Morgan fingerprint density at radius 1 is 1.59 bits per heavy atom. The van der Waals surface area contributed by atoms with Gasteiger partial charge in [-0.3, -0.25) is 4.79 Å². The van der Waals surface area contributed by atoms with E-state index in [1.54, 1.807) is 17.2 Å². The van der Waals surface area contributed by atoms with Crippen LogP contribution in [-0.2, 0) is 6.54 Å². The second-order valence-corrected chi connectivity index (χ2v) is 3.88. The van der Waals surface area contributed by atoms with E-state index in [0.717, 1.165) is 13.0 Å². The van der Waals surface area contributed by atoms with E-state index >= 15 is 0 Å². The zero-order chi connectivity index (χ0) is 12.8. The molecule has 1 aromatic rings. The van der Waals surface area contributed by atoms with Crippen LogP contribution in [0.4, 0.5) is 5.69 Å². The van der Waals surface area contributed by atoms with Crippen molar-refractivity contribution in [2.75, 3.05) is 18.8 Å². The number of hydrogen-bond acceptors (Lipinski definition) is 2. The molecule has 0 aromatic carbocycles. The molecule has 4 heteroatoms. The third kappa shape index (κ3) is 3.04. The van der Waals surface area contributed by atoms with Crippen LogP contribution in [0.5, 0.6) is 0 Å². The fraction of sp³-hybridized carbons (Fsp3) is 0.462. The van der Waals surface area contributed by atoms with Gasteiger partial charge in [-0.25, -0.2) is 0 Å². The summed E-state index contributed by atoms with van der Waals surface area (Å²) in [5.74, 6) is 2.43. The van der Waals surface area contributed by atoms with Crippen molar-refractivity contribution in [1.29, 1.82) is 0 Å². The van der Waals surface area contributed by atoms with Gasteiger partial charge >= 0.3 is 0 Å². The summed E-state index contributed by atoms with van der Waals surface area (Å²) in [6.07, 6.45) is 7.99. The van der Waals surface area contributed by atoms with Gasteiger partial charge in [-0.2, -0.15) is 0 Å². The predicted octanol–water partition coefficient (Wildman–Crippen LogP) is 1.58. The maximum absolute atomic E-state index is 12.2. The number of aromatic nitrogens is 1. The molecule has 0 unspecified atom stereocenters. The number of terminal acetylenes is 1. The van der Waals surface area contributed by atoms with Crippen LogP contribution in [0.2, 0.25) is 0 Å². The lowest BCUT2D eigenvalue weighted by molar-refractivity contribution is 0.0774. The Morgan fingerprint density at radius 3 is 2.82 bits per heavy atom. The molecular weight excluding hydrogens is 214 g/mol. The molecule has 0 saturated carbocycles. The first kappa shape index (κ1) is 13.2. The summed E-state index contributed by atoms with van der Waals surface area (Å²) in [5, 5.41) is 0. The molecule has 1 aromatic heterocycles. The van der Waals surface area contributed by atoms with Crippen molar-refractivity contribution >= 4 is 11.6 Å². The van der Waals surface area contributed by atoms with Gasteiger partial charge in [-0.05, 0) is 19.4 Å². The monoisotopic (exact) mass is 233 g/mol. The minimum absolute atomic E-state index is 0.0596. The second-order valence-electron chi connectivity index (χ2n) is 3.88. The molecule has 0 aliphatic heterocycles. The molecule has 92 valence electrons. The number of carbonyl (C=O) groups excluding carboxylic acids is 1. The highest BCUT2D eigenvalue weighted by atomic mass is 16.2. The van der Waals surface area contributed by atoms with Crippen LogP contribution < -0.4 is 5.73 Å². The highest BCUT2D eigenvalue weighted by molar-refractivity contribution is 5.94. The number of aryl methyl sites for hydroxylation is 1. The third-order valence-electron chi connectivity index (χ3n) is 2.55. The van der Waals surface area contributed by atoms with E-state index in [1.165, 1.54) is 0 Å². The van der Waals surface area contributed by atoms with Crippen LogP contribution in [0, 0.1) is 12.3 Å². The van der Waals surface area contributed by atoms with Crippen molar-refractivity contribution in [3.63, 3.8) is 0 Å². The third-order valence-corrected chi connectivity index (χ3v) is 2.55. The molecule has 17 heavy (non-hydrogen) atoms. The van der Waals surface area contributed by atoms with Crippen molar-refractivity contribution in [2.45, 2.75) is 26.8 Å². The zero-order valence-electron chi connectivity index (χ0n) is 10.4. The Bertz CT molecular complexity index is 428. The fourth-order valence-electron chi connectivity index (χ4n) is 1.74. The highest BCUT2D eigenvalue weighted by Gasteiger charge is 2.17. The molecule has 0 aliphatic carbocycles. The van der Waals surface area contributed by atoms with Crippen LogP contribution in [0.1, 0.15) is 30.8 Å². The minimum atomic E-state index is -0.0596. The molecule has 1 heterocycles. The summed E-state index contributed by atoms with van der Waals surface area (Å²) in [7, 11) is 0. The minimum Gasteiger partial charge on any atom is -0.397 e. The summed E-state index contributed by atoms with van der Waals surface area (Å²) >= 11 is 0. The second kappa shape index (κ2) is 6.00. The maximum atomic E-state index is 12.2. The first-order valence-corrected chi connectivity index (χ1v) is 5.82. The van der Waals surface area contributed by atoms with Gasteiger partial charge in [0.1, 0.15) is 5.69 Å². The summed E-state index contributed by atoms with van der Waals surface area (Å²) < 4.78 is 1.89. The standard InChI is InChI=1S/C13H19N3O/c1-4-7-15(6-3)13(17)12-9-11(14)10-16(12)8-5-2/h1,9-10H,5-8,14H2,2-3H3. The molecule has 0 spiro atoms. The van der Waals surface area contributed by atoms with Crippen molar-refractivity contribution in [3.8, 4) is 12.3 Å². The van der Waals surface area contributed by atoms with Crippen LogP contribution in [-0.4, -0.2) is 28.5 Å². The zero-order valence-corrected chi connectivity index (χ0v) is 10.4. The molecule has 0 bridgehead atoms. The Morgan fingerprint density at radius 2 is 2.29 bits per heavy atom. The van der Waals surface area contributed by atoms with Gasteiger partial charge in [-0.1, -0.05) is 12.8 Å². The molecule has 2 N–H and O–H groups in total. The highest BCUT2D eigenvalue weighted by Crippen LogP contribution is 2.13. The summed E-state index contributed by atoms with van der Waals surface area (Å²) in [5.41, 5.74) is 6.95. The fourth-order valence-corrected chi connectivity index (χ4v) is 1.74. The van der Waals surface area contributed by atoms with Gasteiger partial charge in [0.15, 0.2) is 0 Å². The number of carbonyl (C=O) groups is 1. The molecule has 0 fully saturated rings. The molecule has 0 saturated heterocycles. The normalized spacial score (nSPS) is 9.94. The lowest BCUT2D eigenvalue weighted by atomic mass is 10.3. The number of anilines is 1. The molecular formula is C13H19N3O. The smallest absolute Gasteiger partial charge is 0.271 e. The van der Waals surface area contributed by atoms with Crippen LogP contribution in [0.25, 0.3) is 0 Å². The maximum Gasteiger partial charge on any atom is 0.271 e. The lowest BCUT2D eigenvalue weighted by Gasteiger charge is -2.18. The number of amides is 1. The van der Waals surface area contributed by atoms with E-state index in [4.69, 9.17) is 12.2 Å². The van der Waals surface area contributed by atoms with E-state index in [2.05, 4.69) is 12.8 Å². The Hall–Kier alpha value is -1.89. The molecule has 0 aliphatic rings. The van der Waals surface area contributed by atoms with E-state index < -0.39 is 0 Å². The average molecular weight is 233 g/mol. The van der Waals surface area contributed by atoms with Crippen molar-refractivity contribution < 1.29 is 4.79 Å². The van der Waals surface area contributed by atoms with Crippen LogP contribution in [0.3, 0.4) is 0 Å². The van der Waals surface area contributed by atoms with Gasteiger partial charge < -0.3 is 15.2 Å². The summed E-state index contributed by atoms with van der Waals surface area (Å²) in [4.78, 5) is 13.9. The largest absolute Gasteiger partial charge is 0.397 e. The number of nitrogens with zero attached hydrogens (tertiary/aromatic N) is 2. The van der Waals surface area contributed by atoms with E-state index in [9.17, 15) is 4.79 Å². The van der Waals surface area contributed by atoms with Crippen LogP contribution >= 0.6 is 0 Å². The van der Waals surface area contributed by atoms with Crippen molar-refractivity contribution in [1.82, 2.24) is 9.47 Å². The summed E-state index contributed by atoms with van der Waals surface area (Å²) in [6.45, 7) is 5.67. The number of rotatable bonds is 5. The van der Waals surface area contributed by atoms with E-state index in [0.29, 0.717) is 24.5 Å². The molecule has 4 nitrogen and oxygen atoms in total. The van der Waals surface area contributed by atoms with Crippen molar-refractivity contribution in [2.24, 2.45) is 0 Å². The Labute approximate surface area is 102 Å². The van der Waals surface area contributed by atoms with Gasteiger partial charge in [0.25, 0.3) is 5.91 Å². The topological polar surface area (TPSA) is 51.3 Å². The van der Waals surface area contributed by atoms with E-state index in [1.807, 2.05) is 11.5 Å². The number of nitrogen functional groups attached to an aromatic ring is 1. The average Bonchev–Trinajstić information content (AvgIpc) is 2.67. The van der Waals surface area contributed by atoms with Gasteiger partial charge in [0, 0.05) is 19.3 Å². The Kier molecular flexibility index (Phi) is 4.65. The molecule has 0 atom stereocenters. The number of nitrogens with two attached hydrogens (primary N) is 1. The lowest BCUT2D eigenvalue weighted by Crippen LogP contribution is -2.32. The first-order valence-electron chi connectivity index (χ1n) is 5.82. The quantitative estimate of drug-likeness (QED) is 0.785. The van der Waals surface area contributed by atoms with Gasteiger partial charge in [-0.15, -0.1) is 6.42 Å². The Balaban J connectivity index is 2.98. The van der Waals surface area contributed by atoms with Crippen molar-refractivity contribution in [3.05, 3.63) is 18.0 Å². The van der Waals surface area contributed by atoms with Gasteiger partial charge in [0.05, 0.1) is 12.2 Å². The first-order chi connectivity index (χ1) is 8.13. The SMILES string of the molecule is C#CCN(CC)C(=O)c1cc(N)cn1CCC. The number of hydrogen-bond donors (Lipinski definition) is 1. The molecule has 1 rings (SSSR count). The van der Waals surface area contributed by atoms with Crippen LogP contribution in [0.15, 0.2) is 12.3 Å². The predicted molar refractivity (Wildman–Crippen MR) is 69.5 cm³/mol. The molecule has 1 amide bonds. The molecule has 0 radical (unpaired) electrons. The van der Waals surface area contributed by atoms with E-state index in [-0.39, 0.29) is 5.91 Å². The summed E-state index contributed by atoms with van der Waals surface area (Å²) in [6, 6.07) is 1.71. The van der Waals surface area contributed by atoms with Gasteiger partial charge in [0.2, 0.25) is 0 Å².